The third kappa shape index (κ3) is 4.28. The molecule has 1 saturated heterocycles. The average Bonchev–Trinajstić information content (AvgIpc) is 3.40. The largest absolute Gasteiger partial charge is 0.348 e. The number of nitrogens with zero attached hydrogens (tertiary/aromatic N) is 2. The normalized spacial score (nSPS) is 14.1. The highest BCUT2D eigenvalue weighted by atomic mass is 32.1. The van der Waals surface area contributed by atoms with Crippen molar-refractivity contribution < 1.29 is 9.59 Å². The van der Waals surface area contributed by atoms with E-state index in [1.165, 1.54) is 6.08 Å². The fourth-order valence-electron chi connectivity index (χ4n) is 3.22. The summed E-state index contributed by atoms with van der Waals surface area (Å²) < 4.78 is 1.10. The quantitative estimate of drug-likeness (QED) is 0.672. The molecule has 0 radical (unpaired) electrons. The maximum absolute atomic E-state index is 12.4. The van der Waals surface area contributed by atoms with Crippen LogP contribution < -0.4 is 5.32 Å². The highest BCUT2D eigenvalue weighted by molar-refractivity contribution is 7.19. The van der Waals surface area contributed by atoms with Gasteiger partial charge in [0.25, 0.3) is 5.91 Å². The third-order valence-corrected chi connectivity index (χ3v) is 5.75. The molecule has 0 spiro atoms. The number of carbonyl (C=O) groups is 2. The van der Waals surface area contributed by atoms with Crippen molar-refractivity contribution in [3.8, 4) is 0 Å². The van der Waals surface area contributed by atoms with Crippen molar-refractivity contribution in [2.45, 2.75) is 19.4 Å². The first-order valence-electron chi connectivity index (χ1n) is 9.39. The lowest BCUT2D eigenvalue weighted by atomic mass is 10.1. The molecular weight excluding hydrogens is 370 g/mol. The highest BCUT2D eigenvalue weighted by Gasteiger charge is 2.19. The monoisotopic (exact) mass is 391 g/mol. The predicted octanol–water partition coefficient (Wildman–Crippen LogP) is 3.86. The van der Waals surface area contributed by atoms with E-state index in [-0.39, 0.29) is 11.8 Å². The van der Waals surface area contributed by atoms with E-state index in [9.17, 15) is 9.59 Å². The SMILES string of the molecule is O=C(/C=C/c1nc2ccccc2s1)NCc1ccc(C(=O)N2CCCC2)cc1. The van der Waals surface area contributed by atoms with E-state index in [2.05, 4.69) is 10.3 Å². The van der Waals surface area contributed by atoms with Crippen molar-refractivity contribution in [3.63, 3.8) is 0 Å². The minimum absolute atomic E-state index is 0.0897. The molecule has 1 aromatic heterocycles. The van der Waals surface area contributed by atoms with E-state index >= 15 is 0 Å². The molecule has 4 rings (SSSR count). The molecule has 2 heterocycles. The second-order valence-electron chi connectivity index (χ2n) is 6.77. The Balaban J connectivity index is 1.31. The van der Waals surface area contributed by atoms with Crippen LogP contribution in [0.4, 0.5) is 0 Å². The van der Waals surface area contributed by atoms with Crippen LogP contribution in [0.1, 0.15) is 33.8 Å². The number of carbonyl (C=O) groups excluding carboxylic acids is 2. The van der Waals surface area contributed by atoms with Gasteiger partial charge in [-0.05, 0) is 48.7 Å². The predicted molar refractivity (Wildman–Crippen MR) is 112 cm³/mol. The zero-order valence-corrected chi connectivity index (χ0v) is 16.2. The van der Waals surface area contributed by atoms with Gasteiger partial charge in [0.05, 0.1) is 10.2 Å². The summed E-state index contributed by atoms with van der Waals surface area (Å²) in [5, 5.41) is 3.67. The van der Waals surface area contributed by atoms with Crippen LogP contribution in [-0.4, -0.2) is 34.8 Å². The molecule has 3 aromatic rings. The molecule has 2 amide bonds. The number of benzene rings is 2. The van der Waals surface area contributed by atoms with Crippen molar-refractivity contribution >= 4 is 39.4 Å². The lowest BCUT2D eigenvalue weighted by Gasteiger charge is -2.15. The number of likely N-dealkylation sites (tertiary alicyclic amines) is 1. The van der Waals surface area contributed by atoms with Crippen LogP contribution in [0.3, 0.4) is 0 Å². The second kappa shape index (κ2) is 8.35. The van der Waals surface area contributed by atoms with Crippen molar-refractivity contribution in [2.24, 2.45) is 0 Å². The minimum atomic E-state index is -0.170. The molecule has 0 aliphatic carbocycles. The van der Waals surface area contributed by atoms with Crippen LogP contribution in [0.2, 0.25) is 0 Å². The number of nitrogens with one attached hydrogen (secondary N) is 1. The standard InChI is InChI=1S/C22H21N3O2S/c26-20(11-12-21-24-18-5-1-2-6-19(18)28-21)23-15-16-7-9-17(10-8-16)22(27)25-13-3-4-14-25/h1-2,5-12H,3-4,13-15H2,(H,23,26)/b12-11+. The molecule has 0 saturated carbocycles. The van der Waals surface area contributed by atoms with E-state index < -0.39 is 0 Å². The Morgan fingerprint density at radius 3 is 2.57 bits per heavy atom. The molecule has 6 heteroatoms. The third-order valence-electron chi connectivity index (χ3n) is 4.75. The lowest BCUT2D eigenvalue weighted by molar-refractivity contribution is -0.116. The first-order valence-corrected chi connectivity index (χ1v) is 10.2. The fourth-order valence-corrected chi connectivity index (χ4v) is 4.09. The Bertz CT molecular complexity index is 985. The van der Waals surface area contributed by atoms with Gasteiger partial charge in [0.2, 0.25) is 5.91 Å². The molecule has 0 unspecified atom stereocenters. The molecule has 5 nitrogen and oxygen atoms in total. The zero-order valence-electron chi connectivity index (χ0n) is 15.4. The molecule has 28 heavy (non-hydrogen) atoms. The molecule has 0 atom stereocenters. The van der Waals surface area contributed by atoms with Gasteiger partial charge < -0.3 is 10.2 Å². The molecule has 2 aromatic carbocycles. The number of rotatable bonds is 5. The van der Waals surface area contributed by atoms with Crippen molar-refractivity contribution in [3.05, 3.63) is 70.7 Å². The van der Waals surface area contributed by atoms with Gasteiger partial charge in [-0.1, -0.05) is 24.3 Å². The maximum atomic E-state index is 12.4. The summed E-state index contributed by atoms with van der Waals surface area (Å²) in [5.74, 6) is -0.0803. The van der Waals surface area contributed by atoms with Gasteiger partial charge in [-0.3, -0.25) is 9.59 Å². The van der Waals surface area contributed by atoms with Gasteiger partial charge in [-0.15, -0.1) is 11.3 Å². The van der Waals surface area contributed by atoms with Crippen LogP contribution in [0.5, 0.6) is 0 Å². The lowest BCUT2D eigenvalue weighted by Crippen LogP contribution is -2.27. The van der Waals surface area contributed by atoms with Gasteiger partial charge in [0.1, 0.15) is 5.01 Å². The van der Waals surface area contributed by atoms with Crippen LogP contribution >= 0.6 is 11.3 Å². The number of hydrogen-bond donors (Lipinski definition) is 1. The Kier molecular flexibility index (Phi) is 5.48. The van der Waals surface area contributed by atoms with E-state index in [0.717, 1.165) is 46.7 Å². The topological polar surface area (TPSA) is 62.3 Å². The van der Waals surface area contributed by atoms with E-state index in [0.29, 0.717) is 12.1 Å². The van der Waals surface area contributed by atoms with Crippen molar-refractivity contribution in [1.82, 2.24) is 15.2 Å². The molecule has 1 aliphatic heterocycles. The van der Waals surface area contributed by atoms with Crippen LogP contribution in [-0.2, 0) is 11.3 Å². The number of fused-ring (bicyclic) bond motifs is 1. The van der Waals surface area contributed by atoms with E-state index in [1.807, 2.05) is 53.4 Å². The summed E-state index contributed by atoms with van der Waals surface area (Å²) >= 11 is 1.55. The van der Waals surface area contributed by atoms with E-state index in [1.54, 1.807) is 17.4 Å². The Labute approximate surface area is 167 Å². The van der Waals surface area contributed by atoms with Crippen molar-refractivity contribution in [1.29, 1.82) is 0 Å². The highest BCUT2D eigenvalue weighted by Crippen LogP contribution is 2.22. The van der Waals surface area contributed by atoms with Gasteiger partial charge in [0.15, 0.2) is 0 Å². The summed E-state index contributed by atoms with van der Waals surface area (Å²) in [5.41, 5.74) is 2.60. The summed E-state index contributed by atoms with van der Waals surface area (Å²) in [6, 6.07) is 15.3. The Hall–Kier alpha value is -2.99. The first kappa shape index (κ1) is 18.4. The van der Waals surface area contributed by atoms with Crippen LogP contribution in [0, 0.1) is 0 Å². The summed E-state index contributed by atoms with van der Waals surface area (Å²) in [6.07, 6.45) is 5.40. The average molecular weight is 391 g/mol. The first-order chi connectivity index (χ1) is 13.7. The molecule has 1 aliphatic rings. The minimum Gasteiger partial charge on any atom is -0.348 e. The van der Waals surface area contributed by atoms with Gasteiger partial charge in [0, 0.05) is 31.3 Å². The molecule has 0 bridgehead atoms. The van der Waals surface area contributed by atoms with Gasteiger partial charge in [-0.25, -0.2) is 4.98 Å². The Morgan fingerprint density at radius 2 is 1.82 bits per heavy atom. The number of aromatic nitrogens is 1. The molecule has 142 valence electrons. The van der Waals surface area contributed by atoms with Crippen molar-refractivity contribution in [2.75, 3.05) is 13.1 Å². The fraction of sp³-hybridized carbons (Fsp3) is 0.227. The van der Waals surface area contributed by atoms with Gasteiger partial charge >= 0.3 is 0 Å². The zero-order chi connectivity index (χ0) is 19.3. The number of hydrogen-bond acceptors (Lipinski definition) is 4. The second-order valence-corrected chi connectivity index (χ2v) is 7.83. The van der Waals surface area contributed by atoms with E-state index in [4.69, 9.17) is 0 Å². The Morgan fingerprint density at radius 1 is 1.07 bits per heavy atom. The summed E-state index contributed by atoms with van der Waals surface area (Å²) in [4.78, 5) is 30.8. The van der Waals surface area contributed by atoms with Crippen LogP contribution in [0.25, 0.3) is 16.3 Å². The van der Waals surface area contributed by atoms with Gasteiger partial charge in [-0.2, -0.15) is 0 Å². The summed E-state index contributed by atoms with van der Waals surface area (Å²) in [7, 11) is 0. The van der Waals surface area contributed by atoms with Crippen LogP contribution in [0.15, 0.2) is 54.6 Å². The molecule has 1 N–H and O–H groups in total. The smallest absolute Gasteiger partial charge is 0.253 e. The number of thiazole rings is 1. The molecule has 1 fully saturated rings. The number of amides is 2. The number of para-hydroxylation sites is 1. The maximum Gasteiger partial charge on any atom is 0.253 e. The molecular formula is C22H21N3O2S. The summed E-state index contributed by atoms with van der Waals surface area (Å²) in [6.45, 7) is 2.11.